The SMILES string of the molecule is CCC1(O)O[C@H](CO)[C@@H](O)[C@H]1O. The highest BCUT2D eigenvalue weighted by Gasteiger charge is 2.51. The molecule has 0 aromatic rings. The third-order valence-corrected chi connectivity index (χ3v) is 2.21. The molecule has 1 rings (SSSR count). The van der Waals surface area contributed by atoms with Crippen molar-refractivity contribution in [1.82, 2.24) is 0 Å². The molecule has 12 heavy (non-hydrogen) atoms. The zero-order valence-corrected chi connectivity index (χ0v) is 6.84. The number of ether oxygens (including phenoxy) is 1. The third-order valence-electron chi connectivity index (χ3n) is 2.21. The van der Waals surface area contributed by atoms with Gasteiger partial charge in [-0.1, -0.05) is 6.92 Å². The molecule has 0 bridgehead atoms. The zero-order chi connectivity index (χ0) is 9.35. The fraction of sp³-hybridized carbons (Fsp3) is 1.00. The van der Waals surface area contributed by atoms with Crippen LogP contribution in [0.1, 0.15) is 13.3 Å². The van der Waals surface area contributed by atoms with Crippen LogP contribution in [-0.4, -0.2) is 51.1 Å². The normalized spacial score (nSPS) is 48.2. The van der Waals surface area contributed by atoms with Crippen molar-refractivity contribution in [2.75, 3.05) is 6.61 Å². The van der Waals surface area contributed by atoms with Crippen LogP contribution in [0.4, 0.5) is 0 Å². The second-order valence-electron chi connectivity index (χ2n) is 2.97. The lowest BCUT2D eigenvalue weighted by Gasteiger charge is -2.23. The van der Waals surface area contributed by atoms with Crippen molar-refractivity contribution in [2.24, 2.45) is 0 Å². The molecule has 1 saturated heterocycles. The van der Waals surface area contributed by atoms with Gasteiger partial charge in [0.25, 0.3) is 0 Å². The Hall–Kier alpha value is -0.200. The summed E-state index contributed by atoms with van der Waals surface area (Å²) in [5, 5.41) is 36.7. The minimum absolute atomic E-state index is 0.168. The summed E-state index contributed by atoms with van der Waals surface area (Å²) in [7, 11) is 0. The van der Waals surface area contributed by atoms with E-state index in [0.29, 0.717) is 0 Å². The standard InChI is InChI=1S/C7H14O5/c1-2-7(11)6(10)5(9)4(3-8)12-7/h4-6,8-11H,2-3H2,1H3/t4-,5-,6-,7?/m1/s1. The molecule has 1 heterocycles. The minimum atomic E-state index is -1.72. The predicted molar refractivity (Wildman–Crippen MR) is 39.2 cm³/mol. The maximum atomic E-state index is 9.50. The fourth-order valence-corrected chi connectivity index (χ4v) is 1.31. The van der Waals surface area contributed by atoms with Crippen molar-refractivity contribution < 1.29 is 25.2 Å². The van der Waals surface area contributed by atoms with Crippen LogP contribution in [0.2, 0.25) is 0 Å². The van der Waals surface area contributed by atoms with Gasteiger partial charge in [0, 0.05) is 6.42 Å². The molecule has 5 nitrogen and oxygen atoms in total. The van der Waals surface area contributed by atoms with Gasteiger partial charge in [0.2, 0.25) is 0 Å². The van der Waals surface area contributed by atoms with Gasteiger partial charge in [-0.3, -0.25) is 0 Å². The molecule has 4 atom stereocenters. The van der Waals surface area contributed by atoms with Crippen molar-refractivity contribution in [1.29, 1.82) is 0 Å². The monoisotopic (exact) mass is 178 g/mol. The number of aliphatic hydroxyl groups excluding tert-OH is 3. The van der Waals surface area contributed by atoms with Crippen LogP contribution >= 0.6 is 0 Å². The Labute approximate surface area is 70.2 Å². The van der Waals surface area contributed by atoms with Crippen LogP contribution in [0, 0.1) is 0 Å². The van der Waals surface area contributed by atoms with Crippen molar-refractivity contribution in [2.45, 2.75) is 37.4 Å². The molecule has 1 aliphatic heterocycles. The van der Waals surface area contributed by atoms with E-state index in [1.165, 1.54) is 0 Å². The third kappa shape index (κ3) is 1.34. The van der Waals surface area contributed by atoms with Gasteiger partial charge in [0.05, 0.1) is 6.61 Å². The van der Waals surface area contributed by atoms with E-state index in [2.05, 4.69) is 0 Å². The van der Waals surface area contributed by atoms with E-state index in [1.54, 1.807) is 6.92 Å². The highest BCUT2D eigenvalue weighted by molar-refractivity contribution is 4.94. The number of hydrogen-bond donors (Lipinski definition) is 4. The summed E-state index contributed by atoms with van der Waals surface area (Å²) in [5.41, 5.74) is 0. The molecule has 1 fully saturated rings. The van der Waals surface area contributed by atoms with E-state index in [-0.39, 0.29) is 6.42 Å². The van der Waals surface area contributed by atoms with Gasteiger partial charge in [-0.05, 0) is 0 Å². The molecule has 0 radical (unpaired) electrons. The first-order valence-electron chi connectivity index (χ1n) is 3.92. The van der Waals surface area contributed by atoms with Crippen LogP contribution in [0.25, 0.3) is 0 Å². The molecule has 0 aromatic carbocycles. The van der Waals surface area contributed by atoms with Crippen molar-refractivity contribution in [3.63, 3.8) is 0 Å². The predicted octanol–water partition coefficient (Wildman–Crippen LogP) is -1.80. The van der Waals surface area contributed by atoms with E-state index in [9.17, 15) is 15.3 Å². The molecule has 0 aliphatic carbocycles. The van der Waals surface area contributed by atoms with Gasteiger partial charge in [0.15, 0.2) is 5.79 Å². The van der Waals surface area contributed by atoms with Gasteiger partial charge in [0.1, 0.15) is 18.3 Å². The van der Waals surface area contributed by atoms with E-state index < -0.39 is 30.7 Å². The second kappa shape index (κ2) is 3.27. The molecule has 0 amide bonds. The zero-order valence-electron chi connectivity index (χ0n) is 6.84. The summed E-state index contributed by atoms with van der Waals surface area (Å²) < 4.78 is 4.88. The first-order valence-corrected chi connectivity index (χ1v) is 3.92. The summed E-state index contributed by atoms with van der Waals surface area (Å²) in [6.45, 7) is 1.20. The van der Waals surface area contributed by atoms with E-state index >= 15 is 0 Å². The highest BCUT2D eigenvalue weighted by Crippen LogP contribution is 2.31. The summed E-state index contributed by atoms with van der Waals surface area (Å²) in [4.78, 5) is 0. The van der Waals surface area contributed by atoms with Crippen LogP contribution in [0.5, 0.6) is 0 Å². The van der Waals surface area contributed by atoms with Gasteiger partial charge in [-0.2, -0.15) is 0 Å². The molecule has 1 aliphatic rings. The lowest BCUT2D eigenvalue weighted by atomic mass is 10.0. The van der Waals surface area contributed by atoms with Crippen LogP contribution in [0.3, 0.4) is 0 Å². The van der Waals surface area contributed by atoms with Crippen LogP contribution < -0.4 is 0 Å². The molecule has 4 N–H and O–H groups in total. The summed E-state index contributed by atoms with van der Waals surface area (Å²) in [6, 6.07) is 0. The number of aliphatic hydroxyl groups is 4. The van der Waals surface area contributed by atoms with Crippen LogP contribution in [-0.2, 0) is 4.74 Å². The molecular weight excluding hydrogens is 164 g/mol. The number of hydrogen-bond acceptors (Lipinski definition) is 5. The molecule has 1 unspecified atom stereocenters. The Bertz CT molecular complexity index is 162. The van der Waals surface area contributed by atoms with E-state index in [4.69, 9.17) is 9.84 Å². The molecule has 72 valence electrons. The summed E-state index contributed by atoms with van der Waals surface area (Å²) >= 11 is 0. The van der Waals surface area contributed by atoms with Gasteiger partial charge in [-0.25, -0.2) is 0 Å². The van der Waals surface area contributed by atoms with Gasteiger partial charge in [-0.15, -0.1) is 0 Å². The van der Waals surface area contributed by atoms with E-state index in [0.717, 1.165) is 0 Å². The Morgan fingerprint density at radius 1 is 1.42 bits per heavy atom. The van der Waals surface area contributed by atoms with Crippen molar-refractivity contribution in [3.05, 3.63) is 0 Å². The largest absolute Gasteiger partial charge is 0.394 e. The first kappa shape index (κ1) is 9.88. The van der Waals surface area contributed by atoms with Crippen molar-refractivity contribution >= 4 is 0 Å². The average molecular weight is 178 g/mol. The maximum absolute atomic E-state index is 9.50. The smallest absolute Gasteiger partial charge is 0.194 e. The van der Waals surface area contributed by atoms with E-state index in [1.807, 2.05) is 0 Å². The van der Waals surface area contributed by atoms with Crippen molar-refractivity contribution in [3.8, 4) is 0 Å². The fourth-order valence-electron chi connectivity index (χ4n) is 1.31. The lowest BCUT2D eigenvalue weighted by Crippen LogP contribution is -2.42. The highest BCUT2D eigenvalue weighted by atomic mass is 16.7. The maximum Gasteiger partial charge on any atom is 0.194 e. The Balaban J connectivity index is 2.72. The second-order valence-corrected chi connectivity index (χ2v) is 2.97. The summed E-state index contributed by atoms with van der Waals surface area (Å²) in [5.74, 6) is -1.72. The number of rotatable bonds is 2. The minimum Gasteiger partial charge on any atom is -0.394 e. The molecule has 0 spiro atoms. The lowest BCUT2D eigenvalue weighted by molar-refractivity contribution is -0.231. The van der Waals surface area contributed by atoms with Gasteiger partial charge < -0.3 is 25.2 Å². The molecular formula is C7H14O5. The Morgan fingerprint density at radius 3 is 2.25 bits per heavy atom. The quantitative estimate of drug-likeness (QED) is 0.400. The molecule has 0 aromatic heterocycles. The first-order chi connectivity index (χ1) is 5.55. The average Bonchev–Trinajstić information content (AvgIpc) is 2.31. The topological polar surface area (TPSA) is 90.2 Å². The van der Waals surface area contributed by atoms with Gasteiger partial charge >= 0.3 is 0 Å². The molecule has 0 saturated carbocycles. The Morgan fingerprint density at radius 2 is 2.00 bits per heavy atom. The van der Waals surface area contributed by atoms with Crippen LogP contribution in [0.15, 0.2) is 0 Å². The Kier molecular flexibility index (Phi) is 2.70. The summed E-state index contributed by atoms with van der Waals surface area (Å²) in [6.07, 6.45) is -3.30. The molecule has 5 heteroatoms.